The summed E-state index contributed by atoms with van der Waals surface area (Å²) >= 11 is 1.88. The molecule has 3 heterocycles. The Bertz CT molecular complexity index is 3080. The van der Waals surface area contributed by atoms with Crippen LogP contribution in [0.25, 0.3) is 92.7 Å². The minimum Gasteiger partial charge on any atom is -0.308 e. The van der Waals surface area contributed by atoms with Crippen LogP contribution in [-0.2, 0) is 5.41 Å². The van der Waals surface area contributed by atoms with E-state index in [9.17, 15) is 0 Å². The van der Waals surface area contributed by atoms with Crippen LogP contribution in [0.2, 0.25) is 0 Å². The lowest BCUT2D eigenvalue weighted by atomic mass is 9.82. The Labute approximate surface area is 311 Å². The molecule has 1 aliphatic rings. The van der Waals surface area contributed by atoms with Crippen molar-refractivity contribution in [2.45, 2.75) is 19.3 Å². The fourth-order valence-corrected chi connectivity index (χ4v) is 9.84. The third kappa shape index (κ3) is 4.52. The molecule has 0 spiro atoms. The Hall–Kier alpha value is -6.36. The molecule has 53 heavy (non-hydrogen) atoms. The largest absolute Gasteiger partial charge is 0.308 e. The monoisotopic (exact) mass is 695 g/mol. The Balaban J connectivity index is 1.07. The number of benzene rings is 7. The highest BCUT2D eigenvalue weighted by atomic mass is 32.1. The lowest BCUT2D eigenvalue weighted by Crippen LogP contribution is -2.14. The first-order valence-corrected chi connectivity index (χ1v) is 19.0. The molecule has 0 atom stereocenters. The Morgan fingerprint density at radius 2 is 1.15 bits per heavy atom. The van der Waals surface area contributed by atoms with Gasteiger partial charge in [-0.15, -0.1) is 11.3 Å². The Morgan fingerprint density at radius 1 is 0.491 bits per heavy atom. The summed E-state index contributed by atoms with van der Waals surface area (Å²) in [5, 5.41) is 5.16. The van der Waals surface area contributed by atoms with Gasteiger partial charge in [0.1, 0.15) is 0 Å². The molecule has 10 aromatic rings. The van der Waals surface area contributed by atoms with Gasteiger partial charge in [-0.25, -0.2) is 9.97 Å². The summed E-state index contributed by atoms with van der Waals surface area (Å²) in [7, 11) is 0. The lowest BCUT2D eigenvalue weighted by molar-refractivity contribution is 0.660. The molecule has 250 valence electrons. The zero-order valence-electron chi connectivity index (χ0n) is 29.3. The first kappa shape index (κ1) is 30.3. The normalized spacial score (nSPS) is 13.2. The number of para-hydroxylation sites is 1. The van der Waals surface area contributed by atoms with Crippen molar-refractivity contribution in [3.63, 3.8) is 0 Å². The molecule has 1 aliphatic carbocycles. The zero-order chi connectivity index (χ0) is 35.3. The zero-order valence-corrected chi connectivity index (χ0v) is 30.2. The highest BCUT2D eigenvalue weighted by molar-refractivity contribution is 7.26. The maximum Gasteiger partial charge on any atom is 0.160 e. The molecule has 11 rings (SSSR count). The fraction of sp³-hybridized carbons (Fsp3) is 0.0612. The molecule has 0 unspecified atom stereocenters. The van der Waals surface area contributed by atoms with Gasteiger partial charge in [0.2, 0.25) is 0 Å². The third-order valence-electron chi connectivity index (χ3n) is 11.2. The van der Waals surface area contributed by atoms with E-state index in [4.69, 9.17) is 9.97 Å². The van der Waals surface area contributed by atoms with Crippen molar-refractivity contribution in [2.75, 3.05) is 0 Å². The second-order valence-corrected chi connectivity index (χ2v) is 15.6. The minimum atomic E-state index is -0.0931. The van der Waals surface area contributed by atoms with E-state index in [1.807, 2.05) is 29.5 Å². The van der Waals surface area contributed by atoms with Gasteiger partial charge in [0, 0.05) is 54.0 Å². The second kappa shape index (κ2) is 11.3. The first-order chi connectivity index (χ1) is 26.0. The number of thiophene rings is 1. The highest BCUT2D eigenvalue weighted by Gasteiger charge is 2.35. The molecule has 0 radical (unpaired) electrons. The minimum absolute atomic E-state index is 0.0931. The van der Waals surface area contributed by atoms with Crippen LogP contribution in [-0.4, -0.2) is 14.5 Å². The molecule has 0 bridgehead atoms. The summed E-state index contributed by atoms with van der Waals surface area (Å²) in [6.07, 6.45) is 0. The predicted molar refractivity (Wildman–Crippen MR) is 223 cm³/mol. The van der Waals surface area contributed by atoms with Gasteiger partial charge in [0.15, 0.2) is 5.82 Å². The van der Waals surface area contributed by atoms with Crippen LogP contribution in [0.1, 0.15) is 25.0 Å². The van der Waals surface area contributed by atoms with Crippen LogP contribution in [0, 0.1) is 0 Å². The van der Waals surface area contributed by atoms with Crippen LogP contribution >= 0.6 is 11.3 Å². The van der Waals surface area contributed by atoms with Gasteiger partial charge in [-0.1, -0.05) is 141 Å². The summed E-state index contributed by atoms with van der Waals surface area (Å²) in [5.74, 6) is 0.722. The Kier molecular flexibility index (Phi) is 6.47. The molecule has 0 saturated carbocycles. The van der Waals surface area contributed by atoms with E-state index in [-0.39, 0.29) is 5.41 Å². The molecule has 0 fully saturated rings. The van der Waals surface area contributed by atoms with E-state index in [2.05, 4.69) is 164 Å². The van der Waals surface area contributed by atoms with Gasteiger partial charge in [0.25, 0.3) is 0 Å². The molecule has 3 nitrogen and oxygen atoms in total. The molecule has 3 aromatic heterocycles. The van der Waals surface area contributed by atoms with Gasteiger partial charge < -0.3 is 4.57 Å². The van der Waals surface area contributed by atoms with Gasteiger partial charge in [-0.05, 0) is 58.7 Å². The van der Waals surface area contributed by atoms with Gasteiger partial charge in [-0.3, -0.25) is 0 Å². The maximum atomic E-state index is 5.18. The van der Waals surface area contributed by atoms with Crippen molar-refractivity contribution in [3.8, 4) is 50.7 Å². The van der Waals surface area contributed by atoms with E-state index >= 15 is 0 Å². The number of aromatic nitrogens is 3. The van der Waals surface area contributed by atoms with Crippen molar-refractivity contribution in [1.82, 2.24) is 14.5 Å². The summed E-state index contributed by atoms with van der Waals surface area (Å²) in [5.41, 5.74) is 13.8. The molecule has 0 saturated heterocycles. The summed E-state index contributed by atoms with van der Waals surface area (Å²) in [6, 6.07) is 59.1. The average molecular weight is 696 g/mol. The molecule has 0 amide bonds. The van der Waals surface area contributed by atoms with E-state index in [1.165, 1.54) is 64.2 Å². The number of fused-ring (bicyclic) bond motifs is 10. The molecule has 0 N–H and O–H groups in total. The highest BCUT2D eigenvalue weighted by Crippen LogP contribution is 2.49. The number of nitrogens with zero attached hydrogens (tertiary/aromatic N) is 3. The van der Waals surface area contributed by atoms with Crippen molar-refractivity contribution < 1.29 is 0 Å². The number of hydrogen-bond acceptors (Lipinski definition) is 3. The lowest BCUT2D eigenvalue weighted by Gasteiger charge is -2.22. The third-order valence-corrected chi connectivity index (χ3v) is 12.4. The van der Waals surface area contributed by atoms with E-state index < -0.39 is 0 Å². The molecule has 7 aromatic carbocycles. The van der Waals surface area contributed by atoms with Crippen LogP contribution in [0.4, 0.5) is 0 Å². The molecular formula is C49H33N3S. The van der Waals surface area contributed by atoms with E-state index in [0.717, 1.165) is 39.6 Å². The van der Waals surface area contributed by atoms with Crippen LogP contribution in [0.15, 0.2) is 164 Å². The first-order valence-electron chi connectivity index (χ1n) is 18.2. The summed E-state index contributed by atoms with van der Waals surface area (Å²) < 4.78 is 5.07. The molecule has 4 heteroatoms. The Morgan fingerprint density at radius 3 is 2.00 bits per heavy atom. The topological polar surface area (TPSA) is 30.7 Å². The SMILES string of the molecule is CC1(C)c2ccccc2-c2ccc(-c3cc(-c4ccc(-n5c6ccccc6c6ccc7c8ccccc8sc7c65)cc4)nc(-c4ccccc4)n3)cc21. The van der Waals surface area contributed by atoms with Gasteiger partial charge in [0.05, 0.1) is 27.1 Å². The van der Waals surface area contributed by atoms with Crippen molar-refractivity contribution in [3.05, 3.63) is 175 Å². The average Bonchev–Trinajstić information content (AvgIpc) is 3.84. The van der Waals surface area contributed by atoms with Crippen LogP contribution in [0.3, 0.4) is 0 Å². The molecule has 0 aliphatic heterocycles. The van der Waals surface area contributed by atoms with E-state index in [0.29, 0.717) is 0 Å². The number of rotatable bonds is 4. The van der Waals surface area contributed by atoms with E-state index in [1.54, 1.807) is 0 Å². The quantitative estimate of drug-likeness (QED) is 0.183. The molecular weight excluding hydrogens is 663 g/mol. The van der Waals surface area contributed by atoms with Crippen LogP contribution < -0.4 is 0 Å². The maximum absolute atomic E-state index is 5.18. The summed E-state index contributed by atoms with van der Waals surface area (Å²) in [6.45, 7) is 4.65. The van der Waals surface area contributed by atoms with Crippen molar-refractivity contribution >= 4 is 53.3 Å². The van der Waals surface area contributed by atoms with Crippen molar-refractivity contribution in [2.24, 2.45) is 0 Å². The number of hydrogen-bond donors (Lipinski definition) is 0. The fourth-order valence-electron chi connectivity index (χ4n) is 8.60. The standard InChI is InChI=1S/C49H33N3S/c1-49(2)40-17-9-6-14-34(40)35-25-22-32(28-41(35)49)43-29-42(50-48(51-43)31-12-4-3-5-13-31)30-20-23-33(24-21-30)52-44-18-10-7-15-36(44)38-26-27-39-37-16-8-11-19-45(37)53-47(39)46(38)52/h3-29H,1-2H3. The second-order valence-electron chi connectivity index (χ2n) is 14.6. The summed E-state index contributed by atoms with van der Waals surface area (Å²) in [4.78, 5) is 10.4. The van der Waals surface area contributed by atoms with Crippen LogP contribution in [0.5, 0.6) is 0 Å². The van der Waals surface area contributed by atoms with Gasteiger partial charge >= 0.3 is 0 Å². The van der Waals surface area contributed by atoms with Crippen molar-refractivity contribution in [1.29, 1.82) is 0 Å². The smallest absolute Gasteiger partial charge is 0.160 e. The van der Waals surface area contributed by atoms with Gasteiger partial charge in [-0.2, -0.15) is 0 Å². The predicted octanol–water partition coefficient (Wildman–Crippen LogP) is 13.2.